The van der Waals surface area contributed by atoms with Gasteiger partial charge in [0, 0.05) is 17.0 Å². The predicted molar refractivity (Wildman–Crippen MR) is 87.8 cm³/mol. The SMILES string of the molecule is CCCCn1nc(C(C)C)cc(C(N)c2cccs2)c1=O. The lowest BCUT2D eigenvalue weighted by Crippen LogP contribution is -2.31. The monoisotopic (exact) mass is 305 g/mol. The molecule has 2 aromatic heterocycles. The first kappa shape index (κ1) is 15.9. The molecule has 0 spiro atoms. The quantitative estimate of drug-likeness (QED) is 0.891. The second-order valence-electron chi connectivity index (χ2n) is 5.55. The van der Waals surface area contributed by atoms with Crippen molar-refractivity contribution in [3.63, 3.8) is 0 Å². The number of hydrogen-bond acceptors (Lipinski definition) is 4. The fraction of sp³-hybridized carbons (Fsp3) is 0.500. The highest BCUT2D eigenvalue weighted by molar-refractivity contribution is 7.10. The molecule has 2 aromatic rings. The van der Waals surface area contributed by atoms with E-state index in [1.165, 1.54) is 0 Å². The van der Waals surface area contributed by atoms with Gasteiger partial charge in [0.1, 0.15) is 0 Å². The molecule has 0 saturated heterocycles. The van der Waals surface area contributed by atoms with Gasteiger partial charge in [0.15, 0.2) is 0 Å². The highest BCUT2D eigenvalue weighted by atomic mass is 32.1. The molecular weight excluding hydrogens is 282 g/mol. The molecule has 1 unspecified atom stereocenters. The lowest BCUT2D eigenvalue weighted by atomic mass is 10.0. The Morgan fingerprint density at radius 2 is 2.19 bits per heavy atom. The third kappa shape index (κ3) is 3.60. The normalized spacial score (nSPS) is 12.8. The van der Waals surface area contributed by atoms with Crippen LogP contribution in [0.4, 0.5) is 0 Å². The zero-order valence-electron chi connectivity index (χ0n) is 12.9. The van der Waals surface area contributed by atoms with Crippen molar-refractivity contribution in [2.45, 2.75) is 52.1 Å². The van der Waals surface area contributed by atoms with Crippen LogP contribution in [0.2, 0.25) is 0 Å². The second kappa shape index (κ2) is 7.00. The molecule has 2 N–H and O–H groups in total. The average Bonchev–Trinajstić information content (AvgIpc) is 2.99. The summed E-state index contributed by atoms with van der Waals surface area (Å²) in [5, 5.41) is 6.47. The Morgan fingerprint density at radius 1 is 1.43 bits per heavy atom. The summed E-state index contributed by atoms with van der Waals surface area (Å²) >= 11 is 1.58. The molecule has 114 valence electrons. The maximum atomic E-state index is 12.6. The Kier molecular flexibility index (Phi) is 5.31. The van der Waals surface area contributed by atoms with Crippen molar-refractivity contribution in [3.05, 3.63) is 50.1 Å². The molecule has 0 aliphatic carbocycles. The van der Waals surface area contributed by atoms with E-state index in [0.29, 0.717) is 12.1 Å². The van der Waals surface area contributed by atoms with Crippen LogP contribution in [0.15, 0.2) is 28.4 Å². The number of hydrogen-bond donors (Lipinski definition) is 1. The molecule has 5 heteroatoms. The van der Waals surface area contributed by atoms with E-state index < -0.39 is 0 Å². The Balaban J connectivity index is 2.48. The summed E-state index contributed by atoms with van der Waals surface area (Å²) in [6, 6.07) is 5.44. The van der Waals surface area contributed by atoms with E-state index in [1.54, 1.807) is 16.0 Å². The van der Waals surface area contributed by atoms with Gasteiger partial charge in [0.25, 0.3) is 5.56 Å². The van der Waals surface area contributed by atoms with Crippen LogP contribution in [-0.2, 0) is 6.54 Å². The van der Waals surface area contributed by atoms with E-state index in [9.17, 15) is 4.79 Å². The van der Waals surface area contributed by atoms with E-state index in [2.05, 4.69) is 25.9 Å². The van der Waals surface area contributed by atoms with Gasteiger partial charge in [0.2, 0.25) is 0 Å². The maximum absolute atomic E-state index is 12.6. The number of unbranched alkanes of at least 4 members (excludes halogenated alkanes) is 1. The van der Waals surface area contributed by atoms with Gasteiger partial charge in [0.05, 0.1) is 11.7 Å². The van der Waals surface area contributed by atoms with Crippen LogP contribution in [0.25, 0.3) is 0 Å². The zero-order valence-corrected chi connectivity index (χ0v) is 13.7. The molecule has 21 heavy (non-hydrogen) atoms. The largest absolute Gasteiger partial charge is 0.319 e. The number of nitrogens with two attached hydrogens (primary N) is 1. The summed E-state index contributed by atoms with van der Waals surface area (Å²) in [7, 11) is 0. The standard InChI is InChI=1S/C16H23N3OS/c1-4-5-8-19-16(20)12(10-13(18-19)11(2)3)15(17)14-7-6-9-21-14/h6-7,9-11,15H,4-5,8,17H2,1-3H3. The summed E-state index contributed by atoms with van der Waals surface area (Å²) in [4.78, 5) is 13.6. The van der Waals surface area contributed by atoms with Crippen LogP contribution in [0.3, 0.4) is 0 Å². The van der Waals surface area contributed by atoms with Crippen molar-refractivity contribution in [1.29, 1.82) is 0 Å². The molecule has 0 bridgehead atoms. The Morgan fingerprint density at radius 3 is 2.76 bits per heavy atom. The molecule has 0 aromatic carbocycles. The van der Waals surface area contributed by atoms with Gasteiger partial charge >= 0.3 is 0 Å². The zero-order chi connectivity index (χ0) is 15.4. The first-order valence-electron chi connectivity index (χ1n) is 7.45. The molecule has 0 aliphatic heterocycles. The molecule has 0 radical (unpaired) electrons. The maximum Gasteiger partial charge on any atom is 0.271 e. The Hall–Kier alpha value is -1.46. The molecular formula is C16H23N3OS. The van der Waals surface area contributed by atoms with Crippen molar-refractivity contribution < 1.29 is 0 Å². The van der Waals surface area contributed by atoms with Gasteiger partial charge in [-0.3, -0.25) is 4.79 Å². The fourth-order valence-electron chi connectivity index (χ4n) is 2.17. The van der Waals surface area contributed by atoms with Gasteiger partial charge in [-0.05, 0) is 29.9 Å². The van der Waals surface area contributed by atoms with Crippen molar-refractivity contribution in [2.24, 2.45) is 5.73 Å². The van der Waals surface area contributed by atoms with Gasteiger partial charge < -0.3 is 5.73 Å². The third-order valence-electron chi connectivity index (χ3n) is 3.52. The average molecular weight is 305 g/mol. The van der Waals surface area contributed by atoms with Crippen LogP contribution in [0, 0.1) is 0 Å². The molecule has 4 nitrogen and oxygen atoms in total. The summed E-state index contributed by atoms with van der Waals surface area (Å²) in [5.41, 5.74) is 7.81. The molecule has 2 heterocycles. The van der Waals surface area contributed by atoms with Crippen molar-refractivity contribution >= 4 is 11.3 Å². The van der Waals surface area contributed by atoms with E-state index in [1.807, 2.05) is 23.6 Å². The van der Waals surface area contributed by atoms with Crippen molar-refractivity contribution in [3.8, 4) is 0 Å². The minimum Gasteiger partial charge on any atom is -0.319 e. The number of thiophene rings is 1. The van der Waals surface area contributed by atoms with E-state index in [0.717, 1.165) is 23.4 Å². The van der Waals surface area contributed by atoms with Gasteiger partial charge in [-0.15, -0.1) is 11.3 Å². The molecule has 0 saturated carbocycles. The van der Waals surface area contributed by atoms with Gasteiger partial charge in [-0.1, -0.05) is 33.3 Å². The number of rotatable bonds is 6. The molecule has 0 fully saturated rings. The number of nitrogens with zero attached hydrogens (tertiary/aromatic N) is 2. The summed E-state index contributed by atoms with van der Waals surface area (Å²) in [6.07, 6.45) is 1.98. The number of aryl methyl sites for hydroxylation is 1. The minimum atomic E-state index is -0.370. The van der Waals surface area contributed by atoms with Gasteiger partial charge in [-0.2, -0.15) is 5.10 Å². The van der Waals surface area contributed by atoms with Crippen LogP contribution in [0.5, 0.6) is 0 Å². The number of aromatic nitrogens is 2. The highest BCUT2D eigenvalue weighted by Crippen LogP contribution is 2.23. The third-order valence-corrected chi connectivity index (χ3v) is 4.48. The van der Waals surface area contributed by atoms with Crippen molar-refractivity contribution in [1.82, 2.24) is 9.78 Å². The van der Waals surface area contributed by atoms with Crippen LogP contribution in [0.1, 0.15) is 61.7 Å². The molecule has 1 atom stereocenters. The predicted octanol–water partition coefficient (Wildman–Crippen LogP) is 3.28. The lowest BCUT2D eigenvalue weighted by molar-refractivity contribution is 0.519. The summed E-state index contributed by atoms with van der Waals surface area (Å²) in [5.74, 6) is 0.271. The van der Waals surface area contributed by atoms with Crippen LogP contribution >= 0.6 is 11.3 Å². The Bertz CT molecular complexity index is 631. The van der Waals surface area contributed by atoms with E-state index >= 15 is 0 Å². The molecule has 2 rings (SSSR count). The van der Waals surface area contributed by atoms with Crippen molar-refractivity contribution in [2.75, 3.05) is 0 Å². The smallest absolute Gasteiger partial charge is 0.271 e. The fourth-order valence-corrected chi connectivity index (χ4v) is 2.91. The van der Waals surface area contributed by atoms with E-state index in [4.69, 9.17) is 5.73 Å². The summed E-state index contributed by atoms with van der Waals surface area (Å²) < 4.78 is 1.58. The molecule has 0 amide bonds. The van der Waals surface area contributed by atoms with Gasteiger partial charge in [-0.25, -0.2) is 4.68 Å². The Labute approximate surface area is 129 Å². The second-order valence-corrected chi connectivity index (χ2v) is 6.53. The molecule has 0 aliphatic rings. The summed E-state index contributed by atoms with van der Waals surface area (Å²) in [6.45, 7) is 6.92. The lowest BCUT2D eigenvalue weighted by Gasteiger charge is -2.15. The topological polar surface area (TPSA) is 60.9 Å². The minimum absolute atomic E-state index is 0.0613. The first-order chi connectivity index (χ1) is 10.0. The first-order valence-corrected chi connectivity index (χ1v) is 8.33. The van der Waals surface area contributed by atoms with E-state index in [-0.39, 0.29) is 17.5 Å². The highest BCUT2D eigenvalue weighted by Gasteiger charge is 2.18. The van der Waals surface area contributed by atoms with Crippen LogP contribution < -0.4 is 11.3 Å². The van der Waals surface area contributed by atoms with Crippen LogP contribution in [-0.4, -0.2) is 9.78 Å².